The van der Waals surface area contributed by atoms with Gasteiger partial charge in [0.05, 0.1) is 6.10 Å². The average Bonchev–Trinajstić information content (AvgIpc) is 2.13. The third-order valence-corrected chi connectivity index (χ3v) is 4.67. The molecule has 12 heavy (non-hydrogen) atoms. The van der Waals surface area contributed by atoms with Gasteiger partial charge in [-0.1, -0.05) is 12.8 Å². The Hall–Kier alpha value is -0.0400. The number of aliphatic hydroxyl groups is 1. The van der Waals surface area contributed by atoms with Crippen LogP contribution in [0.3, 0.4) is 0 Å². The monoisotopic (exact) mass is 166 g/mol. The molecule has 68 valence electrons. The van der Waals surface area contributed by atoms with Crippen molar-refractivity contribution in [1.29, 1.82) is 0 Å². The SMILES string of the molecule is O[C@H]1[C@H]2CC[C@@H]3[C@@H](CCC[C@H]13)C2. The van der Waals surface area contributed by atoms with E-state index in [0.29, 0.717) is 11.8 Å². The summed E-state index contributed by atoms with van der Waals surface area (Å²) in [6, 6.07) is 0. The average molecular weight is 166 g/mol. The lowest BCUT2D eigenvalue weighted by Gasteiger charge is -2.53. The zero-order valence-corrected chi connectivity index (χ0v) is 7.58. The lowest BCUT2D eigenvalue weighted by molar-refractivity contribution is -0.107. The molecule has 0 amide bonds. The maximum atomic E-state index is 10.0. The fourth-order valence-electron chi connectivity index (χ4n) is 4.13. The second kappa shape index (κ2) is 2.47. The van der Waals surface area contributed by atoms with Crippen LogP contribution >= 0.6 is 0 Å². The minimum Gasteiger partial charge on any atom is -0.393 e. The molecule has 4 fully saturated rings. The quantitative estimate of drug-likeness (QED) is 0.585. The van der Waals surface area contributed by atoms with Crippen LogP contribution in [0.1, 0.15) is 38.5 Å². The van der Waals surface area contributed by atoms with E-state index in [1.807, 2.05) is 0 Å². The van der Waals surface area contributed by atoms with Gasteiger partial charge in [-0.3, -0.25) is 0 Å². The summed E-state index contributed by atoms with van der Waals surface area (Å²) in [7, 11) is 0. The highest BCUT2D eigenvalue weighted by Gasteiger charge is 2.48. The molecular formula is C11H18O. The number of rotatable bonds is 0. The van der Waals surface area contributed by atoms with Crippen molar-refractivity contribution < 1.29 is 5.11 Å². The first-order valence-electron chi connectivity index (χ1n) is 5.54. The first kappa shape index (κ1) is 7.37. The van der Waals surface area contributed by atoms with Gasteiger partial charge in [-0.2, -0.15) is 0 Å². The van der Waals surface area contributed by atoms with Crippen LogP contribution in [0.4, 0.5) is 0 Å². The van der Waals surface area contributed by atoms with Gasteiger partial charge < -0.3 is 5.11 Å². The van der Waals surface area contributed by atoms with Crippen LogP contribution in [0.25, 0.3) is 0 Å². The molecule has 0 unspecified atom stereocenters. The van der Waals surface area contributed by atoms with Gasteiger partial charge in [0.1, 0.15) is 0 Å². The van der Waals surface area contributed by atoms with E-state index in [-0.39, 0.29) is 6.10 Å². The molecule has 0 aliphatic heterocycles. The molecule has 4 aliphatic carbocycles. The van der Waals surface area contributed by atoms with Gasteiger partial charge in [0.2, 0.25) is 0 Å². The molecule has 0 aromatic rings. The summed E-state index contributed by atoms with van der Waals surface area (Å²) in [6.45, 7) is 0. The zero-order chi connectivity index (χ0) is 8.13. The van der Waals surface area contributed by atoms with Crippen LogP contribution in [0.5, 0.6) is 0 Å². The molecule has 4 rings (SSSR count). The van der Waals surface area contributed by atoms with Crippen LogP contribution in [0.2, 0.25) is 0 Å². The van der Waals surface area contributed by atoms with E-state index < -0.39 is 0 Å². The summed E-state index contributed by atoms with van der Waals surface area (Å²) >= 11 is 0. The van der Waals surface area contributed by atoms with Crippen molar-refractivity contribution >= 4 is 0 Å². The molecule has 4 aliphatic rings. The van der Waals surface area contributed by atoms with Crippen molar-refractivity contribution in [2.75, 3.05) is 0 Å². The highest BCUT2D eigenvalue weighted by Crippen LogP contribution is 2.54. The highest BCUT2D eigenvalue weighted by atomic mass is 16.3. The van der Waals surface area contributed by atoms with Crippen LogP contribution in [-0.2, 0) is 0 Å². The molecule has 0 saturated heterocycles. The lowest BCUT2D eigenvalue weighted by Crippen LogP contribution is -2.50. The Morgan fingerprint density at radius 3 is 2.58 bits per heavy atom. The Balaban J connectivity index is 1.91. The first-order valence-corrected chi connectivity index (χ1v) is 5.54. The Bertz CT molecular complexity index is 181. The summed E-state index contributed by atoms with van der Waals surface area (Å²) in [5.74, 6) is 3.31. The fraction of sp³-hybridized carbons (Fsp3) is 1.00. The fourth-order valence-corrected chi connectivity index (χ4v) is 4.13. The largest absolute Gasteiger partial charge is 0.393 e. The highest BCUT2D eigenvalue weighted by molar-refractivity contribution is 4.99. The van der Waals surface area contributed by atoms with Gasteiger partial charge in [0.15, 0.2) is 0 Å². The first-order chi connectivity index (χ1) is 5.86. The molecule has 0 radical (unpaired) electrons. The van der Waals surface area contributed by atoms with Gasteiger partial charge in [-0.05, 0) is 49.4 Å². The summed E-state index contributed by atoms with van der Waals surface area (Å²) in [5.41, 5.74) is 0. The minimum absolute atomic E-state index is 0.0836. The molecule has 5 atom stereocenters. The Labute approximate surface area is 74.2 Å². The van der Waals surface area contributed by atoms with Crippen molar-refractivity contribution in [2.24, 2.45) is 23.7 Å². The Morgan fingerprint density at radius 1 is 0.833 bits per heavy atom. The third kappa shape index (κ3) is 0.834. The Morgan fingerprint density at radius 2 is 1.75 bits per heavy atom. The van der Waals surface area contributed by atoms with Crippen LogP contribution in [-0.4, -0.2) is 11.2 Å². The van der Waals surface area contributed by atoms with Gasteiger partial charge >= 0.3 is 0 Å². The van der Waals surface area contributed by atoms with E-state index in [4.69, 9.17) is 0 Å². The van der Waals surface area contributed by atoms with E-state index in [9.17, 15) is 5.11 Å². The molecule has 0 aromatic heterocycles. The van der Waals surface area contributed by atoms with Crippen molar-refractivity contribution in [3.8, 4) is 0 Å². The summed E-state index contributed by atoms with van der Waals surface area (Å²) in [6.07, 6.45) is 8.34. The summed E-state index contributed by atoms with van der Waals surface area (Å²) in [5, 5.41) is 10.0. The van der Waals surface area contributed by atoms with Crippen LogP contribution < -0.4 is 0 Å². The number of hydrogen-bond acceptors (Lipinski definition) is 1. The molecule has 1 N–H and O–H groups in total. The standard InChI is InChI=1S/C11H18O/c12-11-8-4-5-9-7(6-8)2-1-3-10(9)11/h7-12H,1-6H2/t7-,8-,9+,10-,11-/m0/s1. The van der Waals surface area contributed by atoms with Crippen molar-refractivity contribution in [3.63, 3.8) is 0 Å². The molecule has 0 heterocycles. The number of hydrogen-bond donors (Lipinski definition) is 1. The topological polar surface area (TPSA) is 20.2 Å². The molecule has 0 spiro atoms. The maximum absolute atomic E-state index is 10.0. The van der Waals surface area contributed by atoms with Crippen molar-refractivity contribution in [2.45, 2.75) is 44.6 Å². The van der Waals surface area contributed by atoms with Crippen LogP contribution in [0, 0.1) is 23.7 Å². The van der Waals surface area contributed by atoms with E-state index >= 15 is 0 Å². The summed E-state index contributed by atoms with van der Waals surface area (Å²) in [4.78, 5) is 0. The normalized spacial score (nSPS) is 57.2. The second-order valence-corrected chi connectivity index (χ2v) is 5.08. The molecule has 1 heteroatoms. The van der Waals surface area contributed by atoms with Gasteiger partial charge in [-0.25, -0.2) is 0 Å². The third-order valence-electron chi connectivity index (χ3n) is 4.67. The second-order valence-electron chi connectivity index (χ2n) is 5.08. The van der Waals surface area contributed by atoms with Crippen molar-refractivity contribution in [3.05, 3.63) is 0 Å². The number of aliphatic hydroxyl groups excluding tert-OH is 1. The molecule has 4 bridgehead atoms. The van der Waals surface area contributed by atoms with E-state index in [1.165, 1.54) is 38.5 Å². The van der Waals surface area contributed by atoms with Gasteiger partial charge in [0.25, 0.3) is 0 Å². The Kier molecular flexibility index (Phi) is 1.52. The molecule has 1 nitrogen and oxygen atoms in total. The molecular weight excluding hydrogens is 148 g/mol. The predicted molar refractivity (Wildman–Crippen MR) is 47.7 cm³/mol. The van der Waals surface area contributed by atoms with E-state index in [2.05, 4.69) is 0 Å². The van der Waals surface area contributed by atoms with Gasteiger partial charge in [0, 0.05) is 0 Å². The van der Waals surface area contributed by atoms with Crippen LogP contribution in [0.15, 0.2) is 0 Å². The van der Waals surface area contributed by atoms with Gasteiger partial charge in [-0.15, -0.1) is 0 Å². The lowest BCUT2D eigenvalue weighted by atomic mass is 9.53. The van der Waals surface area contributed by atoms with E-state index in [1.54, 1.807) is 0 Å². The minimum atomic E-state index is 0.0836. The molecule has 4 saturated carbocycles. The maximum Gasteiger partial charge on any atom is 0.0599 e. The zero-order valence-electron chi connectivity index (χ0n) is 7.58. The van der Waals surface area contributed by atoms with E-state index in [0.717, 1.165) is 11.8 Å². The molecule has 0 aromatic carbocycles. The van der Waals surface area contributed by atoms with Crippen molar-refractivity contribution in [1.82, 2.24) is 0 Å². The predicted octanol–water partition coefficient (Wildman–Crippen LogP) is 2.19. The summed E-state index contributed by atoms with van der Waals surface area (Å²) < 4.78 is 0. The number of fused-ring (bicyclic) bond motifs is 1. The smallest absolute Gasteiger partial charge is 0.0599 e.